The normalized spacial score (nSPS) is 11.9. The predicted octanol–water partition coefficient (Wildman–Crippen LogP) is 0.402. The van der Waals surface area contributed by atoms with Gasteiger partial charge in [-0.25, -0.2) is 4.57 Å². The molecule has 0 aliphatic heterocycles. The second-order valence-corrected chi connectivity index (χ2v) is 6.73. The molecule has 7 heteroatoms. The molecule has 0 saturated heterocycles. The molecular formula is C7H19N2O3PS. The van der Waals surface area contributed by atoms with Crippen LogP contribution in [0.5, 0.6) is 0 Å². The molecule has 0 heterocycles. The van der Waals surface area contributed by atoms with Crippen molar-refractivity contribution in [2.45, 2.75) is 12.8 Å². The smallest absolute Gasteiger partial charge is 0.320 e. The molecule has 0 aromatic rings. The van der Waals surface area contributed by atoms with Crippen LogP contribution in [0, 0.1) is 0 Å². The van der Waals surface area contributed by atoms with Crippen molar-refractivity contribution < 1.29 is 14.4 Å². The van der Waals surface area contributed by atoms with Gasteiger partial charge in [-0.3, -0.25) is 0 Å². The van der Waals surface area contributed by atoms with Gasteiger partial charge in [0, 0.05) is 5.75 Å². The summed E-state index contributed by atoms with van der Waals surface area (Å²) in [5.74, 6) is 0.503. The van der Waals surface area contributed by atoms with Crippen molar-refractivity contribution in [3.63, 3.8) is 0 Å². The lowest BCUT2D eigenvalue weighted by molar-refractivity contribution is 0.397. The van der Waals surface area contributed by atoms with Crippen molar-refractivity contribution >= 4 is 18.2 Å². The Kier molecular flexibility index (Phi) is 8.97. The molecule has 14 heavy (non-hydrogen) atoms. The summed E-state index contributed by atoms with van der Waals surface area (Å²) >= 11 is 0.716. The molecule has 0 atom stereocenters. The molecular weight excluding hydrogens is 223 g/mol. The zero-order valence-corrected chi connectivity index (χ0v) is 10.1. The van der Waals surface area contributed by atoms with Crippen molar-refractivity contribution in [2.24, 2.45) is 0 Å². The summed E-state index contributed by atoms with van der Waals surface area (Å²) in [6, 6.07) is 0. The Balaban J connectivity index is 3.03. The minimum Gasteiger partial charge on any atom is -0.320 e. The molecule has 0 aromatic heterocycles. The zero-order valence-electron chi connectivity index (χ0n) is 8.40. The van der Waals surface area contributed by atoms with E-state index in [0.717, 1.165) is 32.5 Å². The Morgan fingerprint density at radius 3 is 2.43 bits per heavy atom. The highest BCUT2D eigenvalue weighted by Gasteiger charge is 2.11. The third kappa shape index (κ3) is 12.4. The van der Waals surface area contributed by atoms with E-state index in [2.05, 4.69) is 10.6 Å². The first-order valence-corrected chi connectivity index (χ1v) is 7.82. The molecule has 0 aliphatic rings. The molecule has 86 valence electrons. The summed E-state index contributed by atoms with van der Waals surface area (Å²) in [7, 11) is 1.91. The van der Waals surface area contributed by atoms with Crippen LogP contribution in [0.2, 0.25) is 0 Å². The van der Waals surface area contributed by atoms with Crippen LogP contribution in [0.1, 0.15) is 12.8 Å². The fourth-order valence-corrected chi connectivity index (χ4v) is 2.51. The Morgan fingerprint density at radius 1 is 1.21 bits per heavy atom. The average molecular weight is 242 g/mol. The molecule has 0 bridgehead atoms. The van der Waals surface area contributed by atoms with Gasteiger partial charge in [0.1, 0.15) is 0 Å². The number of nitrogens with one attached hydrogen (secondary N) is 2. The number of rotatable bonds is 9. The molecule has 0 aliphatic carbocycles. The Hall–Kier alpha value is 0.420. The molecule has 0 spiro atoms. The van der Waals surface area contributed by atoms with Crippen LogP contribution < -0.4 is 10.6 Å². The van der Waals surface area contributed by atoms with Crippen LogP contribution in [0.25, 0.3) is 0 Å². The first kappa shape index (κ1) is 14.4. The second kappa shape index (κ2) is 8.71. The average Bonchev–Trinajstić information content (AvgIpc) is 2.08. The molecule has 0 fully saturated rings. The highest BCUT2D eigenvalue weighted by Crippen LogP contribution is 2.50. The van der Waals surface area contributed by atoms with E-state index < -0.39 is 6.80 Å². The van der Waals surface area contributed by atoms with Crippen molar-refractivity contribution in [3.8, 4) is 0 Å². The molecule has 5 nitrogen and oxygen atoms in total. The molecule has 0 unspecified atom stereocenters. The summed E-state index contributed by atoms with van der Waals surface area (Å²) in [4.78, 5) is 17.1. The van der Waals surface area contributed by atoms with E-state index in [9.17, 15) is 4.57 Å². The lowest BCUT2D eigenvalue weighted by Crippen LogP contribution is -2.21. The maximum atomic E-state index is 10.4. The number of hydrogen-bond donors (Lipinski definition) is 4. The molecule has 0 radical (unpaired) electrons. The van der Waals surface area contributed by atoms with E-state index in [4.69, 9.17) is 9.79 Å². The van der Waals surface area contributed by atoms with Crippen LogP contribution in [0.15, 0.2) is 0 Å². The van der Waals surface area contributed by atoms with Gasteiger partial charge in [0.15, 0.2) is 0 Å². The highest BCUT2D eigenvalue weighted by molar-refractivity contribution is 8.54. The van der Waals surface area contributed by atoms with Crippen molar-refractivity contribution in [2.75, 3.05) is 32.4 Å². The Morgan fingerprint density at radius 2 is 1.86 bits per heavy atom. The van der Waals surface area contributed by atoms with Crippen LogP contribution >= 0.6 is 18.2 Å². The van der Waals surface area contributed by atoms with E-state index >= 15 is 0 Å². The molecule has 4 N–H and O–H groups in total. The third-order valence-electron chi connectivity index (χ3n) is 1.54. The lowest BCUT2D eigenvalue weighted by Gasteiger charge is -2.05. The maximum absolute atomic E-state index is 10.4. The van der Waals surface area contributed by atoms with Gasteiger partial charge in [0.2, 0.25) is 0 Å². The second-order valence-electron chi connectivity index (χ2n) is 2.88. The van der Waals surface area contributed by atoms with Gasteiger partial charge < -0.3 is 20.4 Å². The first-order valence-electron chi connectivity index (χ1n) is 4.61. The quantitative estimate of drug-likeness (QED) is 0.346. The van der Waals surface area contributed by atoms with E-state index in [1.54, 1.807) is 0 Å². The predicted molar refractivity (Wildman–Crippen MR) is 60.5 cm³/mol. The standard InChI is InChI=1S/C7H19N2O3PS/c1-8-4-2-5-9-6-3-7-14-13(10,11)12/h8-9H,2-7H2,1H3,(H2,10,11,12). The summed E-state index contributed by atoms with van der Waals surface area (Å²) in [5, 5.41) is 6.24. The van der Waals surface area contributed by atoms with Gasteiger partial charge in [0.05, 0.1) is 0 Å². The van der Waals surface area contributed by atoms with E-state index in [1.807, 2.05) is 7.05 Å². The minimum absolute atomic E-state index is 0.503. The Labute approximate surface area is 89.0 Å². The van der Waals surface area contributed by atoms with Crippen LogP contribution in [0.4, 0.5) is 0 Å². The summed E-state index contributed by atoms with van der Waals surface area (Å²) in [5.41, 5.74) is 0. The van der Waals surface area contributed by atoms with Gasteiger partial charge in [-0.1, -0.05) is 0 Å². The lowest BCUT2D eigenvalue weighted by atomic mass is 10.4. The summed E-state index contributed by atoms with van der Waals surface area (Å²) < 4.78 is 10.4. The topological polar surface area (TPSA) is 81.6 Å². The molecule has 0 aromatic carbocycles. The summed E-state index contributed by atoms with van der Waals surface area (Å²) in [6.07, 6.45) is 1.86. The van der Waals surface area contributed by atoms with Crippen LogP contribution in [0.3, 0.4) is 0 Å². The SMILES string of the molecule is CNCCCNCCCSP(=O)(O)O. The number of hydrogen-bond acceptors (Lipinski definition) is 4. The highest BCUT2D eigenvalue weighted by atomic mass is 32.7. The van der Waals surface area contributed by atoms with Crippen LogP contribution in [-0.2, 0) is 4.57 Å². The van der Waals surface area contributed by atoms with Crippen LogP contribution in [-0.4, -0.2) is 42.2 Å². The van der Waals surface area contributed by atoms with Gasteiger partial charge in [-0.05, 0) is 50.9 Å². The van der Waals surface area contributed by atoms with E-state index in [0.29, 0.717) is 17.1 Å². The largest absolute Gasteiger partial charge is 0.383 e. The van der Waals surface area contributed by atoms with Gasteiger partial charge in [-0.2, -0.15) is 0 Å². The minimum atomic E-state index is -3.85. The fraction of sp³-hybridized carbons (Fsp3) is 1.00. The summed E-state index contributed by atoms with van der Waals surface area (Å²) in [6.45, 7) is -1.10. The van der Waals surface area contributed by atoms with E-state index in [-0.39, 0.29) is 0 Å². The Bertz CT molecular complexity index is 176. The van der Waals surface area contributed by atoms with Gasteiger partial charge >= 0.3 is 6.80 Å². The maximum Gasteiger partial charge on any atom is 0.383 e. The third-order valence-corrected chi connectivity index (χ3v) is 3.90. The first-order chi connectivity index (χ1) is 6.56. The monoisotopic (exact) mass is 242 g/mol. The van der Waals surface area contributed by atoms with Gasteiger partial charge in [0.25, 0.3) is 0 Å². The van der Waals surface area contributed by atoms with Crippen molar-refractivity contribution in [1.29, 1.82) is 0 Å². The van der Waals surface area contributed by atoms with Gasteiger partial charge in [-0.15, -0.1) is 0 Å². The van der Waals surface area contributed by atoms with Crippen molar-refractivity contribution in [3.05, 3.63) is 0 Å². The molecule has 0 saturated carbocycles. The molecule has 0 rings (SSSR count). The molecule has 0 amide bonds. The van der Waals surface area contributed by atoms with Crippen molar-refractivity contribution in [1.82, 2.24) is 10.6 Å². The van der Waals surface area contributed by atoms with E-state index in [1.165, 1.54) is 0 Å². The zero-order chi connectivity index (χ0) is 10.9. The fourth-order valence-electron chi connectivity index (χ4n) is 0.896.